The van der Waals surface area contributed by atoms with Crippen molar-refractivity contribution in [1.82, 2.24) is 9.88 Å². The molecule has 1 aromatic heterocycles. The van der Waals surface area contributed by atoms with E-state index in [-0.39, 0.29) is 23.7 Å². The highest BCUT2D eigenvalue weighted by atomic mass is 32.2. The molecule has 2 aromatic carbocycles. The van der Waals surface area contributed by atoms with Crippen molar-refractivity contribution < 1.29 is 18.9 Å². The summed E-state index contributed by atoms with van der Waals surface area (Å²) in [6.45, 7) is 0.606. The van der Waals surface area contributed by atoms with Crippen LogP contribution in [0.4, 0.5) is 15.2 Å². The maximum absolute atomic E-state index is 14.2. The molecule has 1 saturated heterocycles. The van der Waals surface area contributed by atoms with Gasteiger partial charge in [-0.1, -0.05) is 23.9 Å². The highest BCUT2D eigenvalue weighted by Crippen LogP contribution is 2.35. The summed E-state index contributed by atoms with van der Waals surface area (Å²) in [5.74, 6) is -1.52. The quantitative estimate of drug-likeness (QED) is 0.395. The monoisotopic (exact) mass is 486 g/mol. The number of hydrogen-bond donors (Lipinski definition) is 1. The van der Waals surface area contributed by atoms with Crippen LogP contribution in [-0.2, 0) is 4.79 Å². The lowest BCUT2D eigenvalue weighted by molar-refractivity contribution is -0.384. The summed E-state index contributed by atoms with van der Waals surface area (Å²) in [5, 5.41) is 16.3. The third-order valence-corrected chi connectivity index (χ3v) is 7.02. The summed E-state index contributed by atoms with van der Waals surface area (Å²) in [6, 6.07) is 10.1. The van der Waals surface area contributed by atoms with Crippen molar-refractivity contribution in [3.8, 4) is 0 Å². The molecule has 0 radical (unpaired) electrons. The number of halogens is 1. The van der Waals surface area contributed by atoms with E-state index in [1.807, 2.05) is 0 Å². The molecule has 0 saturated carbocycles. The van der Waals surface area contributed by atoms with Crippen LogP contribution in [0, 0.1) is 21.8 Å². The molecule has 3 aromatic rings. The van der Waals surface area contributed by atoms with E-state index >= 15 is 0 Å². The molecule has 1 fully saturated rings. The van der Waals surface area contributed by atoms with Gasteiger partial charge in [0, 0.05) is 46.6 Å². The molecule has 0 spiro atoms. The number of non-ortho nitro benzene ring substituents is 1. The predicted molar refractivity (Wildman–Crippen MR) is 123 cm³/mol. The second-order valence-corrected chi connectivity index (χ2v) is 9.37. The fourth-order valence-electron chi connectivity index (χ4n) is 3.57. The van der Waals surface area contributed by atoms with E-state index in [0.29, 0.717) is 34.3 Å². The largest absolute Gasteiger partial charge is 0.338 e. The van der Waals surface area contributed by atoms with Gasteiger partial charge in [-0.25, -0.2) is 9.37 Å². The number of nitro groups is 1. The Hall–Kier alpha value is -3.31. The number of piperidine rings is 1. The predicted octanol–water partition coefficient (Wildman–Crippen LogP) is 4.83. The Morgan fingerprint density at radius 1 is 1.24 bits per heavy atom. The van der Waals surface area contributed by atoms with Gasteiger partial charge < -0.3 is 10.2 Å². The Bertz CT molecular complexity index is 1190. The Morgan fingerprint density at radius 2 is 2.06 bits per heavy atom. The van der Waals surface area contributed by atoms with Gasteiger partial charge in [-0.15, -0.1) is 11.3 Å². The number of aromatic nitrogens is 1. The molecule has 2 amide bonds. The number of amides is 2. The van der Waals surface area contributed by atoms with Crippen LogP contribution in [0.25, 0.3) is 0 Å². The third kappa shape index (κ3) is 5.37. The number of benzene rings is 2. The fourth-order valence-corrected chi connectivity index (χ4v) is 5.05. The smallest absolute Gasteiger partial charge is 0.270 e. The van der Waals surface area contributed by atoms with Gasteiger partial charge in [0.25, 0.3) is 11.6 Å². The zero-order valence-electron chi connectivity index (χ0n) is 17.3. The van der Waals surface area contributed by atoms with Crippen LogP contribution in [-0.4, -0.2) is 39.7 Å². The lowest BCUT2D eigenvalue weighted by Gasteiger charge is -2.32. The topological polar surface area (TPSA) is 105 Å². The number of nitro benzene ring substituents is 1. The lowest BCUT2D eigenvalue weighted by atomic mass is 9.96. The summed E-state index contributed by atoms with van der Waals surface area (Å²) in [6.07, 6.45) is 2.83. The van der Waals surface area contributed by atoms with Gasteiger partial charge in [0.1, 0.15) is 5.82 Å². The maximum Gasteiger partial charge on any atom is 0.270 e. The number of carbonyl (C=O) groups excluding carboxylic acids is 2. The molecule has 170 valence electrons. The summed E-state index contributed by atoms with van der Waals surface area (Å²) < 4.78 is 14.2. The van der Waals surface area contributed by atoms with E-state index in [0.717, 1.165) is 11.8 Å². The first-order valence-electron chi connectivity index (χ1n) is 10.1. The molecule has 0 bridgehead atoms. The molecule has 1 atom stereocenters. The average Bonchev–Trinajstić information content (AvgIpc) is 3.33. The molecule has 2 heterocycles. The van der Waals surface area contributed by atoms with E-state index in [1.54, 1.807) is 29.8 Å². The third-order valence-electron chi connectivity index (χ3n) is 5.20. The van der Waals surface area contributed by atoms with E-state index in [1.165, 1.54) is 40.5 Å². The zero-order chi connectivity index (χ0) is 23.4. The van der Waals surface area contributed by atoms with Gasteiger partial charge >= 0.3 is 0 Å². The minimum atomic E-state index is -0.575. The SMILES string of the molecule is O=C(Nc1nccs1)C1CCCN(C(=O)c2cc([N+](=O)[O-])ccc2Sc2ccccc2F)C1. The number of nitrogens with zero attached hydrogens (tertiary/aromatic N) is 3. The molecule has 33 heavy (non-hydrogen) atoms. The van der Waals surface area contributed by atoms with Gasteiger partial charge in [-0.3, -0.25) is 19.7 Å². The number of rotatable bonds is 6. The van der Waals surface area contributed by atoms with Gasteiger partial charge in [0.15, 0.2) is 5.13 Å². The molecule has 0 aliphatic carbocycles. The van der Waals surface area contributed by atoms with Crippen LogP contribution in [0.5, 0.6) is 0 Å². The molecule has 1 N–H and O–H groups in total. The van der Waals surface area contributed by atoms with E-state index in [4.69, 9.17) is 0 Å². The zero-order valence-corrected chi connectivity index (χ0v) is 18.9. The molecular weight excluding hydrogens is 467 g/mol. The second kappa shape index (κ2) is 10.1. The van der Waals surface area contributed by atoms with Crippen LogP contribution in [0.3, 0.4) is 0 Å². The van der Waals surface area contributed by atoms with Crippen LogP contribution >= 0.6 is 23.1 Å². The van der Waals surface area contributed by atoms with Crippen molar-refractivity contribution in [2.24, 2.45) is 5.92 Å². The molecule has 4 rings (SSSR count). The molecule has 8 nitrogen and oxygen atoms in total. The first-order chi connectivity index (χ1) is 15.9. The number of likely N-dealkylation sites (tertiary alicyclic amines) is 1. The van der Waals surface area contributed by atoms with Crippen LogP contribution < -0.4 is 5.32 Å². The lowest BCUT2D eigenvalue weighted by Crippen LogP contribution is -2.43. The number of carbonyl (C=O) groups is 2. The number of thiazole rings is 1. The Labute approximate surface area is 197 Å². The first kappa shape index (κ1) is 22.9. The Balaban J connectivity index is 1.57. The van der Waals surface area contributed by atoms with Crippen molar-refractivity contribution >= 4 is 45.7 Å². The minimum Gasteiger partial charge on any atom is -0.338 e. The van der Waals surface area contributed by atoms with E-state index in [9.17, 15) is 24.1 Å². The van der Waals surface area contributed by atoms with Crippen molar-refractivity contribution in [2.45, 2.75) is 22.6 Å². The number of hydrogen-bond acceptors (Lipinski definition) is 7. The van der Waals surface area contributed by atoms with Crippen molar-refractivity contribution in [3.05, 3.63) is 75.5 Å². The highest BCUT2D eigenvalue weighted by Gasteiger charge is 2.31. The average molecular weight is 487 g/mol. The van der Waals surface area contributed by atoms with E-state index in [2.05, 4.69) is 10.3 Å². The van der Waals surface area contributed by atoms with Crippen LogP contribution in [0.15, 0.2) is 63.8 Å². The van der Waals surface area contributed by atoms with Crippen LogP contribution in [0.1, 0.15) is 23.2 Å². The Morgan fingerprint density at radius 3 is 2.79 bits per heavy atom. The van der Waals surface area contributed by atoms with Crippen molar-refractivity contribution in [3.63, 3.8) is 0 Å². The fraction of sp³-hybridized carbons (Fsp3) is 0.227. The minimum absolute atomic E-state index is 0.110. The molecular formula is C22H19FN4O4S2. The summed E-state index contributed by atoms with van der Waals surface area (Å²) in [4.78, 5) is 43.1. The summed E-state index contributed by atoms with van der Waals surface area (Å²) in [7, 11) is 0. The van der Waals surface area contributed by atoms with Gasteiger partial charge in [-0.05, 0) is 31.0 Å². The number of anilines is 1. The van der Waals surface area contributed by atoms with Gasteiger partial charge in [-0.2, -0.15) is 0 Å². The van der Waals surface area contributed by atoms with Gasteiger partial charge in [0.2, 0.25) is 5.91 Å². The molecule has 11 heteroatoms. The standard InChI is InChI=1S/C22H19FN4O4S2/c23-17-5-1-2-6-19(17)33-18-8-7-15(27(30)31)12-16(18)21(29)26-10-3-4-14(13-26)20(28)25-22-24-9-11-32-22/h1-2,5-9,11-12,14H,3-4,10,13H2,(H,24,25,28). The van der Waals surface area contributed by atoms with Crippen molar-refractivity contribution in [2.75, 3.05) is 18.4 Å². The normalized spacial score (nSPS) is 15.8. The highest BCUT2D eigenvalue weighted by molar-refractivity contribution is 7.99. The van der Waals surface area contributed by atoms with Gasteiger partial charge in [0.05, 0.1) is 16.4 Å². The number of nitrogens with one attached hydrogen (secondary N) is 1. The van der Waals surface area contributed by atoms with Crippen LogP contribution in [0.2, 0.25) is 0 Å². The maximum atomic E-state index is 14.2. The second-order valence-electron chi connectivity index (χ2n) is 7.39. The summed E-state index contributed by atoms with van der Waals surface area (Å²) in [5.41, 5.74) is -0.121. The molecule has 1 aliphatic heterocycles. The summed E-state index contributed by atoms with van der Waals surface area (Å²) >= 11 is 2.34. The first-order valence-corrected chi connectivity index (χ1v) is 11.8. The molecule has 1 unspecified atom stereocenters. The van der Waals surface area contributed by atoms with Crippen molar-refractivity contribution in [1.29, 1.82) is 0 Å². The molecule has 1 aliphatic rings. The Kier molecular flexibility index (Phi) is 6.99. The van der Waals surface area contributed by atoms with E-state index < -0.39 is 22.6 Å².